The van der Waals surface area contributed by atoms with Crippen molar-refractivity contribution in [2.24, 2.45) is 10.9 Å². The number of hydrogen-bond acceptors (Lipinski definition) is 3. The van der Waals surface area contributed by atoms with E-state index in [1.807, 2.05) is 0 Å². The van der Waals surface area contributed by atoms with Gasteiger partial charge in [0.2, 0.25) is 0 Å². The van der Waals surface area contributed by atoms with E-state index in [1.54, 1.807) is 11.8 Å². The maximum absolute atomic E-state index is 12.0. The molecule has 0 radical (unpaired) electrons. The molecule has 0 bridgehead atoms. The molecule has 0 atom stereocenters. The quantitative estimate of drug-likeness (QED) is 0.850. The molecule has 102 valence electrons. The fraction of sp³-hybridized carbons (Fsp3) is 0.857. The molecule has 2 aliphatic rings. The maximum Gasteiger partial charge on any atom is 0.264 e. The largest absolute Gasteiger partial charge is 0.364 e. The first-order valence-electron chi connectivity index (χ1n) is 7.26. The van der Waals surface area contributed by atoms with Gasteiger partial charge in [-0.15, -0.1) is 0 Å². The van der Waals surface area contributed by atoms with Crippen LogP contribution in [-0.4, -0.2) is 22.4 Å². The highest BCUT2D eigenvalue weighted by atomic mass is 32.2. The Morgan fingerprint density at radius 2 is 1.94 bits per heavy atom. The summed E-state index contributed by atoms with van der Waals surface area (Å²) in [7, 11) is 0. The van der Waals surface area contributed by atoms with E-state index in [2.05, 4.69) is 24.2 Å². The molecular formula is C14H24N2OS. The summed E-state index contributed by atoms with van der Waals surface area (Å²) in [4.78, 5) is 16.2. The summed E-state index contributed by atoms with van der Waals surface area (Å²) >= 11 is 1.64. The fourth-order valence-corrected chi connectivity index (χ4v) is 3.92. The van der Waals surface area contributed by atoms with Gasteiger partial charge in [0.15, 0.2) is 5.17 Å². The standard InChI is InChI=1S/C14H24N2OS/c1-3-14(4-2)12(17)16-13(18-14)15-10-11-8-6-5-7-9-11/h11H,3-10H2,1-2H3,(H,15,16,17). The first-order chi connectivity index (χ1) is 8.70. The zero-order valence-corrected chi connectivity index (χ0v) is 12.3. The van der Waals surface area contributed by atoms with Crippen LogP contribution < -0.4 is 5.32 Å². The van der Waals surface area contributed by atoms with Gasteiger partial charge < -0.3 is 5.32 Å². The van der Waals surface area contributed by atoms with Crippen molar-refractivity contribution in [2.45, 2.75) is 63.5 Å². The Morgan fingerprint density at radius 3 is 2.50 bits per heavy atom. The molecule has 18 heavy (non-hydrogen) atoms. The van der Waals surface area contributed by atoms with Crippen LogP contribution in [0.5, 0.6) is 0 Å². The summed E-state index contributed by atoms with van der Waals surface area (Å²) in [5.74, 6) is 0.832. The van der Waals surface area contributed by atoms with Crippen LogP contribution in [0.4, 0.5) is 0 Å². The number of amidine groups is 1. The molecular weight excluding hydrogens is 244 g/mol. The highest BCUT2D eigenvalue weighted by Crippen LogP contribution is 2.39. The zero-order valence-electron chi connectivity index (χ0n) is 11.5. The van der Waals surface area contributed by atoms with E-state index in [1.165, 1.54) is 32.1 Å². The number of amides is 1. The Bertz CT molecular complexity index is 331. The van der Waals surface area contributed by atoms with Gasteiger partial charge in [0.25, 0.3) is 5.91 Å². The SMILES string of the molecule is CCC1(CC)SC(NCC2CCCCC2)=NC1=O. The maximum atomic E-state index is 12.0. The molecule has 0 spiro atoms. The highest BCUT2D eigenvalue weighted by molar-refractivity contribution is 8.16. The van der Waals surface area contributed by atoms with Crippen LogP contribution >= 0.6 is 11.8 Å². The molecule has 2 rings (SSSR count). The molecule has 0 aromatic heterocycles. The third kappa shape index (κ3) is 2.90. The van der Waals surface area contributed by atoms with E-state index in [0.717, 1.165) is 30.5 Å². The molecule has 4 heteroatoms. The van der Waals surface area contributed by atoms with Gasteiger partial charge in [0.05, 0.1) is 0 Å². The van der Waals surface area contributed by atoms with E-state index in [9.17, 15) is 4.79 Å². The lowest BCUT2D eigenvalue weighted by atomic mass is 9.89. The lowest BCUT2D eigenvalue weighted by molar-refractivity contribution is -0.119. The molecule has 1 amide bonds. The van der Waals surface area contributed by atoms with E-state index in [-0.39, 0.29) is 10.7 Å². The van der Waals surface area contributed by atoms with Crippen molar-refractivity contribution >= 4 is 22.8 Å². The van der Waals surface area contributed by atoms with Crippen molar-refractivity contribution in [3.8, 4) is 0 Å². The van der Waals surface area contributed by atoms with Crippen LogP contribution in [0.25, 0.3) is 0 Å². The normalized spacial score (nSPS) is 24.1. The van der Waals surface area contributed by atoms with E-state index in [0.29, 0.717) is 0 Å². The highest BCUT2D eigenvalue weighted by Gasteiger charge is 2.42. The molecule has 1 saturated carbocycles. The van der Waals surface area contributed by atoms with Crippen molar-refractivity contribution in [3.63, 3.8) is 0 Å². The van der Waals surface area contributed by atoms with Crippen LogP contribution in [0.15, 0.2) is 4.99 Å². The molecule has 0 unspecified atom stereocenters. The summed E-state index contributed by atoms with van der Waals surface area (Å²) in [6.07, 6.45) is 8.49. The third-order valence-electron chi connectivity index (χ3n) is 4.29. The summed E-state index contributed by atoms with van der Waals surface area (Å²) in [5.41, 5.74) is 0. The lowest BCUT2D eigenvalue weighted by Crippen LogP contribution is -2.31. The second kappa shape index (κ2) is 6.09. The minimum absolute atomic E-state index is 0.0589. The Hall–Kier alpha value is -0.510. The van der Waals surface area contributed by atoms with E-state index < -0.39 is 0 Å². The number of aliphatic imine (C=N–C) groups is 1. The molecule has 1 aliphatic carbocycles. The van der Waals surface area contributed by atoms with Gasteiger partial charge in [0, 0.05) is 6.54 Å². The van der Waals surface area contributed by atoms with Gasteiger partial charge in [-0.25, -0.2) is 0 Å². The number of carbonyl (C=O) groups is 1. The molecule has 1 N–H and O–H groups in total. The van der Waals surface area contributed by atoms with Crippen LogP contribution in [0.3, 0.4) is 0 Å². The van der Waals surface area contributed by atoms with Gasteiger partial charge in [-0.1, -0.05) is 44.9 Å². The minimum atomic E-state index is -0.283. The molecule has 1 fully saturated rings. The molecule has 0 saturated heterocycles. The molecule has 3 nitrogen and oxygen atoms in total. The summed E-state index contributed by atoms with van der Waals surface area (Å²) in [6.45, 7) is 5.14. The van der Waals surface area contributed by atoms with Gasteiger partial charge in [-0.2, -0.15) is 4.99 Å². The summed E-state index contributed by atoms with van der Waals surface area (Å²) in [6, 6.07) is 0. The van der Waals surface area contributed by atoms with Gasteiger partial charge >= 0.3 is 0 Å². The van der Waals surface area contributed by atoms with Gasteiger partial charge in [0.1, 0.15) is 4.75 Å². The predicted molar refractivity (Wildman–Crippen MR) is 77.9 cm³/mol. The van der Waals surface area contributed by atoms with Gasteiger partial charge in [-0.05, 0) is 31.6 Å². The molecule has 1 heterocycles. The Morgan fingerprint density at radius 1 is 1.28 bits per heavy atom. The Labute approximate surface area is 114 Å². The second-order valence-electron chi connectivity index (χ2n) is 5.41. The van der Waals surface area contributed by atoms with Crippen molar-refractivity contribution in [1.29, 1.82) is 0 Å². The zero-order chi connectivity index (χ0) is 13.0. The lowest BCUT2D eigenvalue weighted by Gasteiger charge is -2.23. The van der Waals surface area contributed by atoms with Gasteiger partial charge in [-0.3, -0.25) is 4.79 Å². The van der Waals surface area contributed by atoms with Crippen molar-refractivity contribution in [1.82, 2.24) is 5.32 Å². The van der Waals surface area contributed by atoms with Crippen LogP contribution in [0, 0.1) is 5.92 Å². The first kappa shape index (κ1) is 13.9. The number of thioether (sulfide) groups is 1. The van der Waals surface area contributed by atoms with E-state index >= 15 is 0 Å². The average Bonchev–Trinajstić information content (AvgIpc) is 2.74. The topological polar surface area (TPSA) is 41.5 Å². The second-order valence-corrected chi connectivity index (χ2v) is 6.78. The summed E-state index contributed by atoms with van der Waals surface area (Å²) in [5, 5.41) is 4.25. The van der Waals surface area contributed by atoms with Crippen LogP contribution in [0.2, 0.25) is 0 Å². The molecule has 0 aromatic rings. The minimum Gasteiger partial charge on any atom is -0.364 e. The Kier molecular flexibility index (Phi) is 4.71. The molecule has 1 aliphatic heterocycles. The smallest absolute Gasteiger partial charge is 0.264 e. The third-order valence-corrected chi connectivity index (χ3v) is 5.87. The number of hydrogen-bond donors (Lipinski definition) is 1. The van der Waals surface area contributed by atoms with Crippen molar-refractivity contribution in [3.05, 3.63) is 0 Å². The number of rotatable bonds is 4. The number of nitrogens with one attached hydrogen (secondary N) is 1. The van der Waals surface area contributed by atoms with Crippen molar-refractivity contribution in [2.75, 3.05) is 6.54 Å². The average molecular weight is 268 g/mol. The number of carbonyl (C=O) groups excluding carboxylic acids is 1. The number of nitrogens with zero attached hydrogens (tertiary/aromatic N) is 1. The first-order valence-corrected chi connectivity index (χ1v) is 8.08. The summed E-state index contributed by atoms with van der Waals surface area (Å²) < 4.78 is -0.283. The molecule has 0 aromatic carbocycles. The van der Waals surface area contributed by atoms with E-state index in [4.69, 9.17) is 0 Å². The fourth-order valence-electron chi connectivity index (χ4n) is 2.84. The van der Waals surface area contributed by atoms with Crippen molar-refractivity contribution < 1.29 is 4.79 Å². The van der Waals surface area contributed by atoms with Crippen LogP contribution in [-0.2, 0) is 4.79 Å². The van der Waals surface area contributed by atoms with Crippen LogP contribution in [0.1, 0.15) is 58.8 Å². The Balaban J connectivity index is 1.84. The predicted octanol–water partition coefficient (Wildman–Crippen LogP) is 3.34. The monoisotopic (exact) mass is 268 g/mol.